The Kier molecular flexibility index (Phi) is 36.7. The number of carboxylic acids is 1. The Labute approximate surface area is 343 Å². The number of aliphatic hydroxyl groups excluding tert-OH is 1. The number of hydrogen-bond acceptors (Lipinski definition) is 10. The van der Waals surface area contributed by atoms with Crippen molar-refractivity contribution in [1.82, 2.24) is 0 Å². The van der Waals surface area contributed by atoms with Crippen LogP contribution in [0.25, 0.3) is 0 Å². The van der Waals surface area contributed by atoms with Gasteiger partial charge in [-0.15, -0.1) is 0 Å². The SMILES string of the molecule is CCCCC/C=C\C=C/[C@@H](O)C/C=C\C/C=C/CCCC(=O)OC[C@H](COP(=O)(O)OC[C@H](N)C(=O)O)OC(=O)CCCCCCC/C=C\CCCCCCCC. The van der Waals surface area contributed by atoms with Crippen molar-refractivity contribution in [3.63, 3.8) is 0 Å². The van der Waals surface area contributed by atoms with Crippen molar-refractivity contribution in [2.45, 2.75) is 180 Å². The molecule has 0 heterocycles. The first kappa shape index (κ1) is 54.1. The van der Waals surface area contributed by atoms with Gasteiger partial charge in [0.1, 0.15) is 12.6 Å². The molecule has 5 N–H and O–H groups in total. The molecular formula is C44H76NO11P. The number of phosphoric acid groups is 1. The summed E-state index contributed by atoms with van der Waals surface area (Å²) in [5, 5.41) is 18.9. The van der Waals surface area contributed by atoms with Crippen LogP contribution in [0.5, 0.6) is 0 Å². The average molecular weight is 826 g/mol. The molecule has 328 valence electrons. The van der Waals surface area contributed by atoms with E-state index < -0.39 is 63.8 Å². The molecule has 0 spiro atoms. The lowest BCUT2D eigenvalue weighted by atomic mass is 10.1. The Morgan fingerprint density at radius 1 is 0.632 bits per heavy atom. The van der Waals surface area contributed by atoms with Gasteiger partial charge in [0.25, 0.3) is 0 Å². The second-order valence-electron chi connectivity index (χ2n) is 14.3. The van der Waals surface area contributed by atoms with Crippen molar-refractivity contribution >= 4 is 25.7 Å². The van der Waals surface area contributed by atoms with Crippen molar-refractivity contribution in [2.75, 3.05) is 19.8 Å². The number of aliphatic hydroxyl groups is 1. The average Bonchev–Trinajstić information content (AvgIpc) is 3.18. The summed E-state index contributed by atoms with van der Waals surface area (Å²) >= 11 is 0. The van der Waals surface area contributed by atoms with Crippen molar-refractivity contribution in [1.29, 1.82) is 0 Å². The van der Waals surface area contributed by atoms with E-state index in [1.165, 1.54) is 57.8 Å². The molecule has 0 amide bonds. The maximum atomic E-state index is 12.6. The predicted molar refractivity (Wildman–Crippen MR) is 227 cm³/mol. The van der Waals surface area contributed by atoms with E-state index in [1.54, 1.807) is 6.08 Å². The summed E-state index contributed by atoms with van der Waals surface area (Å²) in [5.41, 5.74) is 5.32. The second-order valence-corrected chi connectivity index (χ2v) is 15.8. The number of ether oxygens (including phenoxy) is 2. The van der Waals surface area contributed by atoms with Gasteiger partial charge in [-0.05, 0) is 70.6 Å². The fourth-order valence-corrected chi connectivity index (χ4v) is 6.14. The van der Waals surface area contributed by atoms with Crippen LogP contribution in [-0.2, 0) is 37.5 Å². The third kappa shape index (κ3) is 38.4. The third-order valence-electron chi connectivity index (χ3n) is 8.82. The predicted octanol–water partition coefficient (Wildman–Crippen LogP) is 10.1. The topological polar surface area (TPSA) is 192 Å². The van der Waals surface area contributed by atoms with Gasteiger partial charge < -0.3 is 30.3 Å². The van der Waals surface area contributed by atoms with E-state index in [-0.39, 0.29) is 12.8 Å². The largest absolute Gasteiger partial charge is 0.480 e. The minimum atomic E-state index is -4.75. The summed E-state index contributed by atoms with van der Waals surface area (Å²) in [5.74, 6) is -2.52. The van der Waals surface area contributed by atoms with Crippen molar-refractivity contribution in [3.05, 3.63) is 60.8 Å². The van der Waals surface area contributed by atoms with Crippen molar-refractivity contribution in [2.24, 2.45) is 5.73 Å². The maximum absolute atomic E-state index is 12.6. The number of esters is 2. The van der Waals surface area contributed by atoms with E-state index in [9.17, 15) is 28.9 Å². The molecule has 0 aromatic carbocycles. The van der Waals surface area contributed by atoms with Gasteiger partial charge in [0.2, 0.25) is 0 Å². The first-order chi connectivity index (χ1) is 27.5. The Hall–Kier alpha value is -2.86. The molecule has 0 bridgehead atoms. The molecule has 0 saturated carbocycles. The van der Waals surface area contributed by atoms with Gasteiger partial charge in [0.15, 0.2) is 6.10 Å². The number of rotatable bonds is 39. The zero-order chi connectivity index (χ0) is 42.2. The van der Waals surface area contributed by atoms with Crippen LogP contribution < -0.4 is 5.73 Å². The highest BCUT2D eigenvalue weighted by Crippen LogP contribution is 2.43. The fourth-order valence-electron chi connectivity index (χ4n) is 5.37. The van der Waals surface area contributed by atoms with E-state index in [2.05, 4.69) is 36.6 Å². The molecule has 0 aromatic heterocycles. The molecule has 4 atom stereocenters. The van der Waals surface area contributed by atoms with Gasteiger partial charge in [0, 0.05) is 12.8 Å². The number of carbonyl (C=O) groups is 3. The first-order valence-corrected chi connectivity index (χ1v) is 22.9. The number of carbonyl (C=O) groups excluding carboxylic acids is 2. The maximum Gasteiger partial charge on any atom is 0.472 e. The minimum absolute atomic E-state index is 0.108. The highest BCUT2D eigenvalue weighted by Gasteiger charge is 2.28. The summed E-state index contributed by atoms with van der Waals surface area (Å²) in [4.78, 5) is 45.9. The van der Waals surface area contributed by atoms with Crippen LogP contribution in [0.3, 0.4) is 0 Å². The van der Waals surface area contributed by atoms with Gasteiger partial charge in [-0.3, -0.25) is 23.4 Å². The first-order valence-electron chi connectivity index (χ1n) is 21.4. The summed E-state index contributed by atoms with van der Waals surface area (Å²) in [6, 6.07) is -1.54. The molecule has 0 radical (unpaired) electrons. The number of aliphatic carboxylic acids is 1. The molecule has 0 saturated heterocycles. The van der Waals surface area contributed by atoms with E-state index in [0.717, 1.165) is 44.9 Å². The minimum Gasteiger partial charge on any atom is -0.480 e. The van der Waals surface area contributed by atoms with E-state index in [4.69, 9.17) is 24.8 Å². The lowest BCUT2D eigenvalue weighted by molar-refractivity contribution is -0.161. The highest BCUT2D eigenvalue weighted by molar-refractivity contribution is 7.47. The lowest BCUT2D eigenvalue weighted by Gasteiger charge is -2.20. The number of unbranched alkanes of at least 4 members (excludes halogenated alkanes) is 15. The normalized spacial score (nSPS) is 14.9. The molecule has 0 aromatic rings. The lowest BCUT2D eigenvalue weighted by Crippen LogP contribution is -2.34. The van der Waals surface area contributed by atoms with Crippen LogP contribution in [0.2, 0.25) is 0 Å². The fraction of sp³-hybridized carbons (Fsp3) is 0.705. The number of allylic oxidation sites excluding steroid dienone is 8. The van der Waals surface area contributed by atoms with Crippen molar-refractivity contribution in [3.8, 4) is 0 Å². The third-order valence-corrected chi connectivity index (χ3v) is 9.77. The smallest absolute Gasteiger partial charge is 0.472 e. The molecular weight excluding hydrogens is 749 g/mol. The summed E-state index contributed by atoms with van der Waals surface area (Å²) in [7, 11) is -4.75. The standard InChI is InChI=1S/C44H76NO11P/c1-3-5-7-9-11-12-13-14-15-16-17-18-22-27-31-35-43(48)56-40(37-54-57(51,52)55-38-41(45)44(49)50)36-53-42(47)34-30-26-23-19-21-25-29-33-39(46)32-28-24-20-10-8-6-4-2/h14-15,19-20,23-25,28-29,32,39-41,46H,3-13,16-18,21-22,26-27,30-31,33-38,45H2,1-2H3,(H,49,50)(H,51,52)/b15-14-,23-19+,24-20-,29-25-,32-28-/t39-,40-,41+/m1/s1. The number of carboxylic acid groups (broad SMARTS) is 1. The Balaban J connectivity index is 4.55. The molecule has 0 aliphatic carbocycles. The number of phosphoric ester groups is 1. The zero-order valence-electron chi connectivity index (χ0n) is 35.0. The summed E-state index contributed by atoms with van der Waals surface area (Å²) < 4.78 is 32.6. The Bertz CT molecular complexity index is 1220. The van der Waals surface area contributed by atoms with Crippen LogP contribution in [0.4, 0.5) is 0 Å². The van der Waals surface area contributed by atoms with Crippen LogP contribution in [0.1, 0.15) is 162 Å². The monoisotopic (exact) mass is 826 g/mol. The second kappa shape index (κ2) is 38.6. The van der Waals surface area contributed by atoms with Crippen molar-refractivity contribution < 1.29 is 52.6 Å². The van der Waals surface area contributed by atoms with E-state index >= 15 is 0 Å². The van der Waals surface area contributed by atoms with Gasteiger partial charge in [-0.2, -0.15) is 0 Å². The molecule has 1 unspecified atom stereocenters. The van der Waals surface area contributed by atoms with Gasteiger partial charge in [0.05, 0.1) is 19.3 Å². The van der Waals surface area contributed by atoms with Crippen LogP contribution >= 0.6 is 7.82 Å². The van der Waals surface area contributed by atoms with Crippen LogP contribution in [0.15, 0.2) is 60.8 Å². The number of nitrogens with two attached hydrogens (primary N) is 1. The molecule has 0 fully saturated rings. The van der Waals surface area contributed by atoms with E-state index in [1.807, 2.05) is 36.5 Å². The van der Waals surface area contributed by atoms with Crippen LogP contribution in [0, 0.1) is 0 Å². The van der Waals surface area contributed by atoms with Gasteiger partial charge >= 0.3 is 25.7 Å². The quantitative estimate of drug-likeness (QED) is 0.0151. The summed E-state index contributed by atoms with van der Waals surface area (Å²) in [6.07, 6.45) is 40.3. The van der Waals surface area contributed by atoms with Gasteiger partial charge in [-0.1, -0.05) is 139 Å². The molecule has 13 heteroatoms. The zero-order valence-corrected chi connectivity index (χ0v) is 35.9. The molecule has 12 nitrogen and oxygen atoms in total. The Morgan fingerprint density at radius 3 is 1.84 bits per heavy atom. The highest BCUT2D eigenvalue weighted by atomic mass is 31.2. The number of hydrogen-bond donors (Lipinski definition) is 4. The molecule has 57 heavy (non-hydrogen) atoms. The molecule has 0 aliphatic heterocycles. The van der Waals surface area contributed by atoms with Gasteiger partial charge in [-0.25, -0.2) is 4.57 Å². The van der Waals surface area contributed by atoms with E-state index in [0.29, 0.717) is 32.1 Å². The molecule has 0 rings (SSSR count). The summed E-state index contributed by atoms with van der Waals surface area (Å²) in [6.45, 7) is 2.61. The Morgan fingerprint density at radius 2 is 1.16 bits per heavy atom. The van der Waals surface area contributed by atoms with Crippen LogP contribution in [-0.4, -0.2) is 71.1 Å². The molecule has 0 aliphatic rings.